The van der Waals surface area contributed by atoms with Crippen molar-refractivity contribution in [3.63, 3.8) is 0 Å². The highest BCUT2D eigenvalue weighted by Gasteiger charge is 2.07. The molecule has 0 fully saturated rings. The summed E-state index contributed by atoms with van der Waals surface area (Å²) in [6.07, 6.45) is 0. The lowest BCUT2D eigenvalue weighted by molar-refractivity contribution is 0.102. The van der Waals surface area contributed by atoms with E-state index in [0.29, 0.717) is 17.0 Å². The van der Waals surface area contributed by atoms with E-state index in [9.17, 15) is 4.79 Å². The summed E-state index contributed by atoms with van der Waals surface area (Å²) in [4.78, 5) is 12.2. The zero-order valence-electron chi connectivity index (χ0n) is 11.9. The zero-order valence-corrected chi connectivity index (χ0v) is 13.5. The van der Waals surface area contributed by atoms with Crippen LogP contribution in [-0.2, 0) is 0 Å². The van der Waals surface area contributed by atoms with Crippen molar-refractivity contribution >= 4 is 33.2 Å². The first kappa shape index (κ1) is 15.4. The summed E-state index contributed by atoms with van der Waals surface area (Å²) in [6, 6.07) is 12.8. The van der Waals surface area contributed by atoms with Crippen LogP contribution < -0.4 is 15.4 Å². The molecule has 0 aliphatic heterocycles. The standard InChI is InChI=1S/C16H17BrN2O2/c1-3-18-13-6-4-11(5-7-13)16(20)19-14-8-12(17)9-15(10-14)21-2/h4-10,18H,3H2,1-2H3,(H,19,20). The molecule has 2 aromatic rings. The van der Waals surface area contributed by atoms with Crippen LogP contribution in [-0.4, -0.2) is 19.6 Å². The number of hydrogen-bond donors (Lipinski definition) is 2. The van der Waals surface area contributed by atoms with Gasteiger partial charge in [0, 0.05) is 34.0 Å². The van der Waals surface area contributed by atoms with Gasteiger partial charge in [-0.3, -0.25) is 4.79 Å². The van der Waals surface area contributed by atoms with Gasteiger partial charge in [-0.25, -0.2) is 0 Å². The Morgan fingerprint density at radius 1 is 1.14 bits per heavy atom. The minimum atomic E-state index is -0.154. The predicted molar refractivity (Wildman–Crippen MR) is 89.3 cm³/mol. The van der Waals surface area contributed by atoms with Gasteiger partial charge in [0.25, 0.3) is 5.91 Å². The van der Waals surface area contributed by atoms with Crippen LogP contribution in [0.1, 0.15) is 17.3 Å². The van der Waals surface area contributed by atoms with E-state index in [0.717, 1.165) is 16.7 Å². The van der Waals surface area contributed by atoms with E-state index in [2.05, 4.69) is 26.6 Å². The van der Waals surface area contributed by atoms with Crippen molar-refractivity contribution in [2.24, 2.45) is 0 Å². The van der Waals surface area contributed by atoms with Gasteiger partial charge in [0.1, 0.15) is 5.75 Å². The summed E-state index contributed by atoms with van der Waals surface area (Å²) >= 11 is 3.39. The van der Waals surface area contributed by atoms with Crippen LogP contribution in [0.15, 0.2) is 46.9 Å². The average molecular weight is 349 g/mol. The lowest BCUT2D eigenvalue weighted by atomic mass is 10.2. The lowest BCUT2D eigenvalue weighted by Crippen LogP contribution is -2.12. The molecule has 0 saturated heterocycles. The van der Waals surface area contributed by atoms with Gasteiger partial charge in [0.15, 0.2) is 0 Å². The third-order valence-corrected chi connectivity index (χ3v) is 3.35. The van der Waals surface area contributed by atoms with Crippen LogP contribution in [0.2, 0.25) is 0 Å². The van der Waals surface area contributed by atoms with E-state index in [-0.39, 0.29) is 5.91 Å². The summed E-state index contributed by atoms with van der Waals surface area (Å²) in [5, 5.41) is 6.05. The van der Waals surface area contributed by atoms with Gasteiger partial charge in [-0.1, -0.05) is 15.9 Å². The van der Waals surface area contributed by atoms with E-state index in [1.54, 1.807) is 25.3 Å². The lowest BCUT2D eigenvalue weighted by Gasteiger charge is -2.09. The summed E-state index contributed by atoms with van der Waals surface area (Å²) in [6.45, 7) is 2.88. The number of hydrogen-bond acceptors (Lipinski definition) is 3. The molecule has 0 heterocycles. The van der Waals surface area contributed by atoms with Crippen LogP contribution in [0.3, 0.4) is 0 Å². The number of nitrogens with one attached hydrogen (secondary N) is 2. The van der Waals surface area contributed by atoms with Crippen molar-refractivity contribution in [2.75, 3.05) is 24.3 Å². The van der Waals surface area contributed by atoms with Crippen molar-refractivity contribution in [1.82, 2.24) is 0 Å². The minimum Gasteiger partial charge on any atom is -0.497 e. The molecular weight excluding hydrogens is 332 g/mol. The second-order valence-electron chi connectivity index (χ2n) is 4.44. The second-order valence-corrected chi connectivity index (χ2v) is 5.36. The Morgan fingerprint density at radius 3 is 2.48 bits per heavy atom. The first-order chi connectivity index (χ1) is 10.1. The van der Waals surface area contributed by atoms with E-state index in [1.165, 1.54) is 0 Å². The number of methoxy groups -OCH3 is 1. The van der Waals surface area contributed by atoms with E-state index in [4.69, 9.17) is 4.74 Å². The quantitative estimate of drug-likeness (QED) is 0.853. The van der Waals surface area contributed by atoms with Gasteiger partial charge in [0.2, 0.25) is 0 Å². The summed E-state index contributed by atoms with van der Waals surface area (Å²) < 4.78 is 6.02. The molecule has 5 heteroatoms. The molecule has 0 aliphatic rings. The van der Waals surface area contributed by atoms with Gasteiger partial charge in [-0.15, -0.1) is 0 Å². The first-order valence-corrected chi connectivity index (χ1v) is 7.41. The van der Waals surface area contributed by atoms with Gasteiger partial charge in [-0.05, 0) is 43.3 Å². The Labute approximate surface area is 132 Å². The Bertz CT molecular complexity index is 627. The average Bonchev–Trinajstić information content (AvgIpc) is 2.47. The molecule has 0 aliphatic carbocycles. The molecule has 2 rings (SSSR count). The molecule has 0 atom stereocenters. The van der Waals surface area contributed by atoms with Crippen molar-refractivity contribution in [3.8, 4) is 5.75 Å². The van der Waals surface area contributed by atoms with Crippen LogP contribution in [0.4, 0.5) is 11.4 Å². The van der Waals surface area contributed by atoms with Crippen molar-refractivity contribution < 1.29 is 9.53 Å². The number of halogens is 1. The molecule has 4 nitrogen and oxygen atoms in total. The number of rotatable bonds is 5. The Morgan fingerprint density at radius 2 is 1.86 bits per heavy atom. The molecule has 110 valence electrons. The molecule has 0 spiro atoms. The van der Waals surface area contributed by atoms with Crippen LogP contribution in [0.5, 0.6) is 5.75 Å². The topological polar surface area (TPSA) is 50.4 Å². The number of anilines is 2. The Balaban J connectivity index is 2.12. The highest BCUT2D eigenvalue weighted by atomic mass is 79.9. The molecule has 0 bridgehead atoms. The molecule has 1 amide bonds. The van der Waals surface area contributed by atoms with Crippen LogP contribution >= 0.6 is 15.9 Å². The smallest absolute Gasteiger partial charge is 0.255 e. The Kier molecular flexibility index (Phi) is 5.22. The summed E-state index contributed by atoms with van der Waals surface area (Å²) in [7, 11) is 1.59. The van der Waals surface area contributed by atoms with Crippen LogP contribution in [0, 0.1) is 0 Å². The third kappa shape index (κ3) is 4.23. The van der Waals surface area contributed by atoms with Crippen LogP contribution in [0.25, 0.3) is 0 Å². The minimum absolute atomic E-state index is 0.154. The highest BCUT2D eigenvalue weighted by molar-refractivity contribution is 9.10. The molecule has 2 N–H and O–H groups in total. The summed E-state index contributed by atoms with van der Waals surface area (Å²) in [5.74, 6) is 0.528. The fourth-order valence-corrected chi connectivity index (χ4v) is 2.37. The maximum atomic E-state index is 12.2. The first-order valence-electron chi connectivity index (χ1n) is 6.62. The molecule has 0 unspecified atom stereocenters. The normalized spacial score (nSPS) is 10.0. The largest absolute Gasteiger partial charge is 0.497 e. The number of amides is 1. The SMILES string of the molecule is CCNc1ccc(C(=O)Nc2cc(Br)cc(OC)c2)cc1. The fourth-order valence-electron chi connectivity index (χ4n) is 1.90. The zero-order chi connectivity index (χ0) is 15.2. The highest BCUT2D eigenvalue weighted by Crippen LogP contribution is 2.25. The monoisotopic (exact) mass is 348 g/mol. The van der Waals surface area contributed by atoms with E-state index >= 15 is 0 Å². The fraction of sp³-hybridized carbons (Fsp3) is 0.188. The Hall–Kier alpha value is -2.01. The molecule has 21 heavy (non-hydrogen) atoms. The maximum absolute atomic E-state index is 12.2. The number of ether oxygens (including phenoxy) is 1. The number of carbonyl (C=O) groups excluding carboxylic acids is 1. The van der Waals surface area contributed by atoms with Gasteiger partial charge >= 0.3 is 0 Å². The summed E-state index contributed by atoms with van der Waals surface area (Å²) in [5.41, 5.74) is 2.29. The van der Waals surface area contributed by atoms with Crippen molar-refractivity contribution in [3.05, 3.63) is 52.5 Å². The van der Waals surface area contributed by atoms with Crippen molar-refractivity contribution in [2.45, 2.75) is 6.92 Å². The van der Waals surface area contributed by atoms with E-state index < -0.39 is 0 Å². The second kappa shape index (κ2) is 7.13. The van der Waals surface area contributed by atoms with Gasteiger partial charge < -0.3 is 15.4 Å². The van der Waals surface area contributed by atoms with Gasteiger partial charge in [0.05, 0.1) is 7.11 Å². The number of benzene rings is 2. The van der Waals surface area contributed by atoms with Gasteiger partial charge in [-0.2, -0.15) is 0 Å². The molecule has 0 saturated carbocycles. The van der Waals surface area contributed by atoms with E-state index in [1.807, 2.05) is 31.2 Å². The number of carbonyl (C=O) groups is 1. The molecule has 0 radical (unpaired) electrons. The maximum Gasteiger partial charge on any atom is 0.255 e. The van der Waals surface area contributed by atoms with Crippen molar-refractivity contribution in [1.29, 1.82) is 0 Å². The molecule has 2 aromatic carbocycles. The molecule has 0 aromatic heterocycles. The predicted octanol–water partition coefficient (Wildman–Crippen LogP) is 4.14. The molecular formula is C16H17BrN2O2. The third-order valence-electron chi connectivity index (χ3n) is 2.89.